The summed E-state index contributed by atoms with van der Waals surface area (Å²) in [5, 5.41) is 0. The summed E-state index contributed by atoms with van der Waals surface area (Å²) in [6, 6.07) is 0. The number of unbranched alkanes of at least 4 members (excludes halogenated alkanes) is 4. The fourth-order valence-electron chi connectivity index (χ4n) is 2.16. The summed E-state index contributed by atoms with van der Waals surface area (Å²) in [4.78, 5) is 11.1. The molecule has 0 saturated carbocycles. The summed E-state index contributed by atoms with van der Waals surface area (Å²) in [5.41, 5.74) is 0. The minimum absolute atomic E-state index is 0.0895. The normalized spacial score (nSPS) is 12.2. The van der Waals surface area contributed by atoms with Crippen LogP contribution in [-0.2, 0) is 9.53 Å². The zero-order valence-electron chi connectivity index (χ0n) is 15.7. The number of esters is 1. The van der Waals surface area contributed by atoms with Gasteiger partial charge in [0.05, 0.1) is 6.61 Å². The van der Waals surface area contributed by atoms with Gasteiger partial charge in [-0.3, -0.25) is 4.79 Å². The van der Waals surface area contributed by atoms with Gasteiger partial charge in [0.1, 0.15) is 0 Å². The molecule has 0 aliphatic heterocycles. The summed E-state index contributed by atoms with van der Waals surface area (Å²) in [7, 11) is 0. The van der Waals surface area contributed by atoms with E-state index in [1.807, 2.05) is 6.92 Å². The maximum Gasteiger partial charge on any atom is 0.305 e. The quantitative estimate of drug-likeness (QED) is 0.189. The van der Waals surface area contributed by atoms with Crippen molar-refractivity contribution in [2.45, 2.75) is 78.1 Å². The molecule has 0 heterocycles. The number of rotatable bonds is 15. The first-order chi connectivity index (χ1) is 11.8. The minimum Gasteiger partial charge on any atom is -0.466 e. The molecule has 136 valence electrons. The first-order valence-electron chi connectivity index (χ1n) is 9.56. The second-order valence-electron chi connectivity index (χ2n) is 5.79. The topological polar surface area (TPSA) is 26.3 Å². The molecule has 24 heavy (non-hydrogen) atoms. The lowest BCUT2D eigenvalue weighted by Crippen LogP contribution is -2.02. The highest BCUT2D eigenvalue weighted by atomic mass is 16.5. The van der Waals surface area contributed by atoms with Crippen molar-refractivity contribution >= 4 is 5.97 Å². The van der Waals surface area contributed by atoms with Crippen molar-refractivity contribution in [1.29, 1.82) is 0 Å². The fourth-order valence-corrected chi connectivity index (χ4v) is 2.16. The van der Waals surface area contributed by atoms with Gasteiger partial charge in [0.25, 0.3) is 0 Å². The van der Waals surface area contributed by atoms with Crippen molar-refractivity contribution in [2.75, 3.05) is 6.61 Å². The number of carbonyl (C=O) groups is 1. The molecule has 0 aromatic heterocycles. The van der Waals surface area contributed by atoms with Crippen molar-refractivity contribution in [2.24, 2.45) is 0 Å². The third-order valence-electron chi connectivity index (χ3n) is 3.51. The van der Waals surface area contributed by atoms with E-state index in [0.29, 0.717) is 13.0 Å². The van der Waals surface area contributed by atoms with Crippen LogP contribution in [0.2, 0.25) is 0 Å². The van der Waals surface area contributed by atoms with Gasteiger partial charge < -0.3 is 4.74 Å². The van der Waals surface area contributed by atoms with Crippen LogP contribution in [0.3, 0.4) is 0 Å². The Morgan fingerprint density at radius 3 is 1.71 bits per heavy atom. The molecule has 0 spiro atoms. The smallest absolute Gasteiger partial charge is 0.305 e. The summed E-state index contributed by atoms with van der Waals surface area (Å²) in [5.74, 6) is -0.0895. The molecule has 0 atom stereocenters. The zero-order chi connectivity index (χ0) is 17.7. The van der Waals surface area contributed by atoms with Gasteiger partial charge in [-0.1, -0.05) is 68.4 Å². The minimum atomic E-state index is -0.0895. The van der Waals surface area contributed by atoms with Crippen LogP contribution in [-0.4, -0.2) is 12.6 Å². The number of hydrogen-bond acceptors (Lipinski definition) is 2. The molecule has 0 rings (SSSR count). The van der Waals surface area contributed by atoms with Gasteiger partial charge in [-0.2, -0.15) is 0 Å². The van der Waals surface area contributed by atoms with Crippen molar-refractivity contribution < 1.29 is 9.53 Å². The highest BCUT2D eigenvalue weighted by Crippen LogP contribution is 2.02. The third kappa shape index (κ3) is 18.5. The van der Waals surface area contributed by atoms with E-state index in [1.165, 1.54) is 25.7 Å². The molecule has 0 saturated heterocycles. The van der Waals surface area contributed by atoms with E-state index in [-0.39, 0.29) is 5.97 Å². The van der Waals surface area contributed by atoms with Crippen molar-refractivity contribution in [1.82, 2.24) is 0 Å². The average molecular weight is 333 g/mol. The van der Waals surface area contributed by atoms with Crippen molar-refractivity contribution in [3.05, 3.63) is 48.6 Å². The monoisotopic (exact) mass is 332 g/mol. The lowest BCUT2D eigenvalue weighted by molar-refractivity contribution is -0.143. The van der Waals surface area contributed by atoms with E-state index < -0.39 is 0 Å². The molecule has 0 aliphatic carbocycles. The highest BCUT2D eigenvalue weighted by molar-refractivity contribution is 5.69. The van der Waals surface area contributed by atoms with E-state index in [0.717, 1.165) is 32.1 Å². The molecule has 2 nitrogen and oxygen atoms in total. The summed E-state index contributed by atoms with van der Waals surface area (Å²) >= 11 is 0. The van der Waals surface area contributed by atoms with E-state index in [2.05, 4.69) is 55.5 Å². The second kappa shape index (κ2) is 19.5. The fraction of sp³-hybridized carbons (Fsp3) is 0.591. The Bertz CT molecular complexity index is 389. The Labute approximate surface area is 149 Å². The zero-order valence-corrected chi connectivity index (χ0v) is 15.7. The second-order valence-corrected chi connectivity index (χ2v) is 5.79. The van der Waals surface area contributed by atoms with Crippen LogP contribution < -0.4 is 0 Å². The van der Waals surface area contributed by atoms with Gasteiger partial charge in [-0.25, -0.2) is 0 Å². The lowest BCUT2D eigenvalue weighted by atomic mass is 10.2. The van der Waals surface area contributed by atoms with Crippen LogP contribution in [0.15, 0.2) is 48.6 Å². The number of ether oxygens (including phenoxy) is 1. The first kappa shape index (κ1) is 22.4. The average Bonchev–Trinajstić information content (AvgIpc) is 2.58. The van der Waals surface area contributed by atoms with Crippen LogP contribution in [0.1, 0.15) is 78.1 Å². The molecule has 0 unspecified atom stereocenters. The molecule has 0 aromatic rings. The van der Waals surface area contributed by atoms with Gasteiger partial charge in [-0.15, -0.1) is 0 Å². The Balaban J connectivity index is 3.43. The van der Waals surface area contributed by atoms with Crippen LogP contribution in [0, 0.1) is 0 Å². The largest absolute Gasteiger partial charge is 0.466 e. The Kier molecular flexibility index (Phi) is 18.2. The molecule has 0 N–H and O–H groups in total. The van der Waals surface area contributed by atoms with E-state index in [4.69, 9.17) is 4.74 Å². The Morgan fingerprint density at radius 2 is 1.21 bits per heavy atom. The van der Waals surface area contributed by atoms with E-state index in [9.17, 15) is 4.79 Å². The number of hydrogen-bond donors (Lipinski definition) is 0. The molecule has 2 heteroatoms. The molecule has 0 fully saturated rings. The van der Waals surface area contributed by atoms with Crippen LogP contribution >= 0.6 is 0 Å². The standard InChI is InChI=1S/C22H36O2/c1-3-5-6-7-8-9-10-11-12-13-14-15-16-17-18-19-20-21-22(23)24-4-2/h8-9,11-12,14-15,17-18H,3-7,10,13,16,19-21H2,1-2H3/b9-8+,12-11+,15-14+,18-17-. The number of allylic oxidation sites excluding steroid dienone is 8. The van der Waals surface area contributed by atoms with Gasteiger partial charge in [-0.05, 0) is 51.9 Å². The van der Waals surface area contributed by atoms with Crippen molar-refractivity contribution in [3.63, 3.8) is 0 Å². The van der Waals surface area contributed by atoms with Gasteiger partial charge >= 0.3 is 5.97 Å². The summed E-state index contributed by atoms with van der Waals surface area (Å²) in [6.45, 7) is 4.55. The predicted octanol–water partition coefficient (Wildman–Crippen LogP) is 6.70. The van der Waals surface area contributed by atoms with Crippen LogP contribution in [0.25, 0.3) is 0 Å². The predicted molar refractivity (Wildman–Crippen MR) is 105 cm³/mol. The molecular formula is C22H36O2. The maximum absolute atomic E-state index is 11.1. The Hall–Kier alpha value is -1.57. The van der Waals surface area contributed by atoms with E-state index in [1.54, 1.807) is 0 Å². The number of carbonyl (C=O) groups excluding carboxylic acids is 1. The molecule has 0 amide bonds. The summed E-state index contributed by atoms with van der Waals surface area (Å²) in [6.07, 6.45) is 28.2. The van der Waals surface area contributed by atoms with Gasteiger partial charge in [0.2, 0.25) is 0 Å². The van der Waals surface area contributed by atoms with Crippen LogP contribution in [0.5, 0.6) is 0 Å². The first-order valence-corrected chi connectivity index (χ1v) is 9.56. The van der Waals surface area contributed by atoms with Crippen LogP contribution in [0.4, 0.5) is 0 Å². The highest BCUT2D eigenvalue weighted by Gasteiger charge is 1.98. The van der Waals surface area contributed by atoms with Gasteiger partial charge in [0.15, 0.2) is 0 Å². The lowest BCUT2D eigenvalue weighted by Gasteiger charge is -1.98. The van der Waals surface area contributed by atoms with Gasteiger partial charge in [0, 0.05) is 6.42 Å². The molecule has 0 bridgehead atoms. The van der Waals surface area contributed by atoms with Crippen molar-refractivity contribution in [3.8, 4) is 0 Å². The molecule has 0 aliphatic rings. The SMILES string of the molecule is CCCCC/C=C/C/C=C/C/C=C/C/C=C\CCCC(=O)OCC. The molecule has 0 radical (unpaired) electrons. The van der Waals surface area contributed by atoms with E-state index >= 15 is 0 Å². The molecular weight excluding hydrogens is 296 g/mol. The summed E-state index contributed by atoms with van der Waals surface area (Å²) < 4.78 is 4.89. The molecule has 0 aromatic carbocycles. The third-order valence-corrected chi connectivity index (χ3v) is 3.51. The Morgan fingerprint density at radius 1 is 0.708 bits per heavy atom. The maximum atomic E-state index is 11.1.